The topological polar surface area (TPSA) is 33.2 Å². The van der Waals surface area contributed by atoms with Crippen LogP contribution in [0.2, 0.25) is 0 Å². The van der Waals surface area contributed by atoms with Gasteiger partial charge in [0.15, 0.2) is 0 Å². The molecule has 1 aromatic carbocycles. The van der Waals surface area contributed by atoms with Crippen LogP contribution in [-0.2, 0) is 17.8 Å². The maximum atomic E-state index is 12.1. The van der Waals surface area contributed by atoms with Gasteiger partial charge in [-0.2, -0.15) is 0 Å². The molecule has 0 unspecified atom stereocenters. The Labute approximate surface area is 144 Å². The van der Waals surface area contributed by atoms with Crippen molar-refractivity contribution in [1.82, 2.24) is 9.88 Å². The highest BCUT2D eigenvalue weighted by molar-refractivity contribution is 5.80. The molecule has 0 radical (unpaired) electrons. The first kappa shape index (κ1) is 16.8. The van der Waals surface area contributed by atoms with E-state index in [1.165, 1.54) is 18.4 Å². The van der Waals surface area contributed by atoms with E-state index in [0.29, 0.717) is 24.5 Å². The number of nitrogens with zero attached hydrogens (tertiary/aromatic N) is 2. The lowest BCUT2D eigenvalue weighted by molar-refractivity contribution is -0.118. The first-order valence-corrected chi connectivity index (χ1v) is 8.96. The van der Waals surface area contributed by atoms with E-state index in [4.69, 9.17) is 0 Å². The van der Waals surface area contributed by atoms with Crippen LogP contribution in [0.1, 0.15) is 36.8 Å². The average molecular weight is 322 g/mol. The Kier molecular flexibility index (Phi) is 6.13. The zero-order valence-corrected chi connectivity index (χ0v) is 14.2. The van der Waals surface area contributed by atoms with E-state index >= 15 is 0 Å². The lowest BCUT2D eigenvalue weighted by atomic mass is 9.90. The molecule has 2 aromatic rings. The number of ketones is 1. The second-order valence-electron chi connectivity index (χ2n) is 6.81. The predicted octanol–water partition coefficient (Wildman–Crippen LogP) is 3.89. The van der Waals surface area contributed by atoms with Gasteiger partial charge < -0.3 is 0 Å². The molecule has 0 amide bonds. The SMILES string of the molecule is O=C(CCC1CCN(Cc2ccccc2)CC1)Cc1ccncc1. The highest BCUT2D eigenvalue weighted by Gasteiger charge is 2.20. The molecule has 1 saturated heterocycles. The fourth-order valence-electron chi connectivity index (χ4n) is 3.46. The maximum Gasteiger partial charge on any atom is 0.137 e. The van der Waals surface area contributed by atoms with Crippen molar-refractivity contribution < 1.29 is 4.79 Å². The van der Waals surface area contributed by atoms with E-state index in [0.717, 1.165) is 31.6 Å². The van der Waals surface area contributed by atoms with E-state index < -0.39 is 0 Å². The number of likely N-dealkylation sites (tertiary alicyclic amines) is 1. The van der Waals surface area contributed by atoms with Crippen molar-refractivity contribution in [1.29, 1.82) is 0 Å². The Hall–Kier alpha value is -2.00. The quantitative estimate of drug-likeness (QED) is 0.775. The summed E-state index contributed by atoms with van der Waals surface area (Å²) >= 11 is 0. The van der Waals surface area contributed by atoms with Crippen molar-refractivity contribution in [2.24, 2.45) is 5.92 Å². The Bertz CT molecular complexity index is 619. The number of piperidine rings is 1. The molecule has 0 bridgehead atoms. The largest absolute Gasteiger partial charge is 0.299 e. The Morgan fingerprint density at radius 2 is 1.71 bits per heavy atom. The third-order valence-electron chi connectivity index (χ3n) is 4.94. The number of hydrogen-bond donors (Lipinski definition) is 0. The highest BCUT2D eigenvalue weighted by atomic mass is 16.1. The lowest BCUT2D eigenvalue weighted by Gasteiger charge is -2.32. The molecule has 1 aliphatic heterocycles. The molecule has 1 fully saturated rings. The molecule has 0 N–H and O–H groups in total. The van der Waals surface area contributed by atoms with E-state index in [1.54, 1.807) is 12.4 Å². The molecule has 1 aromatic heterocycles. The van der Waals surface area contributed by atoms with Gasteiger partial charge in [-0.05, 0) is 61.5 Å². The maximum absolute atomic E-state index is 12.1. The van der Waals surface area contributed by atoms with Crippen LogP contribution in [0.5, 0.6) is 0 Å². The predicted molar refractivity (Wildman–Crippen MR) is 96.6 cm³/mol. The van der Waals surface area contributed by atoms with Gasteiger partial charge in [-0.1, -0.05) is 30.3 Å². The minimum Gasteiger partial charge on any atom is -0.299 e. The molecule has 24 heavy (non-hydrogen) atoms. The van der Waals surface area contributed by atoms with E-state index in [2.05, 4.69) is 40.2 Å². The fraction of sp³-hybridized carbons (Fsp3) is 0.429. The van der Waals surface area contributed by atoms with Crippen LogP contribution < -0.4 is 0 Å². The molecule has 0 atom stereocenters. The lowest BCUT2D eigenvalue weighted by Crippen LogP contribution is -2.33. The molecular weight excluding hydrogens is 296 g/mol. The van der Waals surface area contributed by atoms with E-state index in [9.17, 15) is 4.79 Å². The molecule has 0 aliphatic carbocycles. The van der Waals surface area contributed by atoms with Crippen LogP contribution in [0.25, 0.3) is 0 Å². The standard InChI is InChI=1S/C21H26N2O/c24-21(16-19-8-12-22-13-9-19)7-6-18-10-14-23(15-11-18)17-20-4-2-1-3-5-20/h1-5,8-9,12-13,18H,6-7,10-11,14-17H2. The summed E-state index contributed by atoms with van der Waals surface area (Å²) in [5.74, 6) is 1.06. The molecule has 3 rings (SSSR count). The number of rotatable bonds is 7. The minimum absolute atomic E-state index is 0.355. The van der Waals surface area contributed by atoms with Crippen molar-refractivity contribution in [3.05, 3.63) is 66.0 Å². The summed E-state index contributed by atoms with van der Waals surface area (Å²) in [5.41, 5.74) is 2.47. The average Bonchev–Trinajstić information content (AvgIpc) is 2.63. The number of hydrogen-bond acceptors (Lipinski definition) is 3. The van der Waals surface area contributed by atoms with Crippen LogP contribution in [0, 0.1) is 5.92 Å². The van der Waals surface area contributed by atoms with Gasteiger partial charge in [0, 0.05) is 31.8 Å². The highest BCUT2D eigenvalue weighted by Crippen LogP contribution is 2.23. The van der Waals surface area contributed by atoms with Crippen LogP contribution in [0.15, 0.2) is 54.9 Å². The third kappa shape index (κ3) is 5.27. The van der Waals surface area contributed by atoms with Crippen molar-refractivity contribution >= 4 is 5.78 Å². The first-order valence-electron chi connectivity index (χ1n) is 8.96. The zero-order chi connectivity index (χ0) is 16.6. The Balaban J connectivity index is 1.36. The molecule has 2 heterocycles. The second kappa shape index (κ2) is 8.74. The summed E-state index contributed by atoms with van der Waals surface area (Å²) in [6, 6.07) is 14.5. The smallest absolute Gasteiger partial charge is 0.137 e. The van der Waals surface area contributed by atoms with Crippen molar-refractivity contribution in [2.45, 2.75) is 38.6 Å². The monoisotopic (exact) mass is 322 g/mol. The molecule has 0 saturated carbocycles. The van der Waals surface area contributed by atoms with E-state index in [-0.39, 0.29) is 0 Å². The number of benzene rings is 1. The molecular formula is C21H26N2O. The van der Waals surface area contributed by atoms with Crippen molar-refractivity contribution in [3.8, 4) is 0 Å². The minimum atomic E-state index is 0.355. The first-order chi connectivity index (χ1) is 11.8. The number of aromatic nitrogens is 1. The molecule has 1 aliphatic rings. The van der Waals surface area contributed by atoms with Gasteiger partial charge in [0.1, 0.15) is 5.78 Å². The van der Waals surface area contributed by atoms with Gasteiger partial charge in [0.25, 0.3) is 0 Å². The van der Waals surface area contributed by atoms with Crippen LogP contribution in [0.3, 0.4) is 0 Å². The summed E-state index contributed by atoms with van der Waals surface area (Å²) in [4.78, 5) is 18.7. The Morgan fingerprint density at radius 1 is 1.00 bits per heavy atom. The molecule has 3 heteroatoms. The van der Waals surface area contributed by atoms with Crippen LogP contribution in [0.4, 0.5) is 0 Å². The van der Waals surface area contributed by atoms with Gasteiger partial charge in [-0.15, -0.1) is 0 Å². The molecule has 126 valence electrons. The summed E-state index contributed by atoms with van der Waals surface area (Å²) in [7, 11) is 0. The number of carbonyl (C=O) groups excluding carboxylic acids is 1. The Morgan fingerprint density at radius 3 is 2.42 bits per heavy atom. The number of carbonyl (C=O) groups is 1. The van der Waals surface area contributed by atoms with E-state index in [1.807, 2.05) is 12.1 Å². The zero-order valence-electron chi connectivity index (χ0n) is 14.2. The van der Waals surface area contributed by atoms with Crippen molar-refractivity contribution in [2.75, 3.05) is 13.1 Å². The fourth-order valence-corrected chi connectivity index (χ4v) is 3.46. The van der Waals surface area contributed by atoms with Gasteiger partial charge >= 0.3 is 0 Å². The molecule has 0 spiro atoms. The van der Waals surface area contributed by atoms with Gasteiger partial charge in [0.05, 0.1) is 0 Å². The summed E-state index contributed by atoms with van der Waals surface area (Å²) in [6.45, 7) is 3.35. The number of pyridine rings is 1. The van der Waals surface area contributed by atoms with Gasteiger partial charge in [0.2, 0.25) is 0 Å². The van der Waals surface area contributed by atoms with Gasteiger partial charge in [-0.3, -0.25) is 14.7 Å². The summed E-state index contributed by atoms with van der Waals surface area (Å²) in [6.07, 6.45) is 8.25. The number of Topliss-reactive ketones (excluding diaryl/α,β-unsaturated/α-hetero) is 1. The summed E-state index contributed by atoms with van der Waals surface area (Å²) in [5, 5.41) is 0. The van der Waals surface area contributed by atoms with Crippen LogP contribution >= 0.6 is 0 Å². The summed E-state index contributed by atoms with van der Waals surface area (Å²) < 4.78 is 0. The van der Waals surface area contributed by atoms with Crippen molar-refractivity contribution in [3.63, 3.8) is 0 Å². The molecule has 3 nitrogen and oxygen atoms in total. The van der Waals surface area contributed by atoms with Gasteiger partial charge in [-0.25, -0.2) is 0 Å². The third-order valence-corrected chi connectivity index (χ3v) is 4.94. The normalized spacial score (nSPS) is 16.2. The van der Waals surface area contributed by atoms with Crippen LogP contribution in [-0.4, -0.2) is 28.8 Å². The second-order valence-corrected chi connectivity index (χ2v) is 6.81.